The quantitative estimate of drug-likeness (QED) is 0.152. The number of alkyl halides is 3. The number of anilines is 1. The maximum Gasteiger partial charge on any atom is 0.433 e. The first-order valence-corrected chi connectivity index (χ1v) is 14.6. The highest BCUT2D eigenvalue weighted by molar-refractivity contribution is 7.92. The van der Waals surface area contributed by atoms with Crippen molar-refractivity contribution >= 4 is 27.2 Å². The van der Waals surface area contributed by atoms with E-state index in [2.05, 4.69) is 4.98 Å². The fourth-order valence-electron chi connectivity index (χ4n) is 4.22. The van der Waals surface area contributed by atoms with Gasteiger partial charge in [-0.25, -0.2) is 22.2 Å². The Kier molecular flexibility index (Phi) is 11.4. The van der Waals surface area contributed by atoms with Gasteiger partial charge in [-0.1, -0.05) is 45.6 Å². The summed E-state index contributed by atoms with van der Waals surface area (Å²) in [5.74, 6) is -3.16. The summed E-state index contributed by atoms with van der Waals surface area (Å²) >= 11 is 0. The van der Waals surface area contributed by atoms with Crippen LogP contribution in [0.4, 0.5) is 27.6 Å². The first-order valence-electron chi connectivity index (χ1n) is 12.7. The van der Waals surface area contributed by atoms with E-state index < -0.39 is 45.1 Å². The number of carbonyl (C=O) groups is 1. The third-order valence-electron chi connectivity index (χ3n) is 6.07. The van der Waals surface area contributed by atoms with Gasteiger partial charge in [0.1, 0.15) is 11.4 Å². The Labute approximate surface area is 225 Å². The molecule has 0 saturated carbocycles. The molecule has 1 amide bonds. The lowest BCUT2D eigenvalue weighted by atomic mass is 9.88. The third-order valence-corrected chi connectivity index (χ3v) is 6.64. The van der Waals surface area contributed by atoms with Crippen LogP contribution in [0, 0.1) is 11.6 Å². The molecule has 1 aromatic heterocycles. The number of halogens is 5. The second-order valence-electron chi connectivity index (χ2n) is 9.41. The minimum Gasteiger partial charge on any atom is -0.366 e. The molecule has 0 saturated heterocycles. The predicted octanol–water partition coefficient (Wildman–Crippen LogP) is 6.54. The fourth-order valence-corrected chi connectivity index (χ4v) is 4.79. The molecule has 216 valence electrons. The summed E-state index contributed by atoms with van der Waals surface area (Å²) in [6, 6.07) is 3.86. The summed E-state index contributed by atoms with van der Waals surface area (Å²) in [6.07, 6.45) is 0.463. The molecule has 2 rings (SSSR count). The Morgan fingerprint density at radius 3 is 2.10 bits per heavy atom. The molecule has 12 heteroatoms. The molecule has 0 spiro atoms. The molecule has 0 aliphatic rings. The molecule has 0 aliphatic heterocycles. The van der Waals surface area contributed by atoms with Crippen molar-refractivity contribution in [2.75, 3.05) is 11.0 Å². The number of amides is 1. The number of allylic oxidation sites excluding steroid dienone is 1. The van der Waals surface area contributed by atoms with Gasteiger partial charge in [-0.2, -0.15) is 13.2 Å². The summed E-state index contributed by atoms with van der Waals surface area (Å²) in [5, 5.41) is 0. The maximum absolute atomic E-state index is 14.8. The van der Waals surface area contributed by atoms with Crippen LogP contribution in [0.3, 0.4) is 0 Å². The van der Waals surface area contributed by atoms with E-state index in [1.165, 1.54) is 6.07 Å². The summed E-state index contributed by atoms with van der Waals surface area (Å²) < 4.78 is 94.8. The van der Waals surface area contributed by atoms with Crippen LogP contribution in [-0.2, 0) is 33.8 Å². The lowest BCUT2D eigenvalue weighted by Crippen LogP contribution is -2.18. The van der Waals surface area contributed by atoms with Crippen molar-refractivity contribution in [3.8, 4) is 0 Å². The number of nitrogens with zero attached hydrogens (tertiary/aromatic N) is 1. The standard InChI is InChI=1S/C27H34F5N3O3S/c1-4-6-8-10-19(26(33)36)20(14-17-15-21(28)25(22(29)16-17)35-39(3,37)38)18-12-13-24(27(30,31)32)34-23(18)11-9-7-5-2/h12-13,15-16,35H,4-11,14H2,1-3H3,(H2,33,36). The number of hydrogen-bond donors (Lipinski definition) is 2. The highest BCUT2D eigenvalue weighted by atomic mass is 32.2. The zero-order valence-corrected chi connectivity index (χ0v) is 23.0. The van der Waals surface area contributed by atoms with Crippen LogP contribution in [-0.4, -0.2) is 25.6 Å². The lowest BCUT2D eigenvalue weighted by Gasteiger charge is -2.19. The normalized spacial score (nSPS) is 12.8. The number of carbonyl (C=O) groups excluding carboxylic acids is 1. The van der Waals surface area contributed by atoms with E-state index in [9.17, 15) is 35.2 Å². The molecule has 6 nitrogen and oxygen atoms in total. The number of rotatable bonds is 14. The molecule has 0 unspecified atom stereocenters. The van der Waals surface area contributed by atoms with E-state index >= 15 is 0 Å². The number of aromatic nitrogens is 1. The first kappa shape index (κ1) is 32.2. The van der Waals surface area contributed by atoms with Crippen molar-refractivity contribution in [3.63, 3.8) is 0 Å². The zero-order chi connectivity index (χ0) is 29.4. The molecule has 0 aliphatic carbocycles. The van der Waals surface area contributed by atoms with Gasteiger partial charge in [0.2, 0.25) is 15.9 Å². The van der Waals surface area contributed by atoms with Crippen molar-refractivity contribution in [1.82, 2.24) is 4.98 Å². The molecule has 0 bridgehead atoms. The molecule has 0 fully saturated rings. The van der Waals surface area contributed by atoms with Crippen LogP contribution >= 0.6 is 0 Å². The van der Waals surface area contributed by atoms with E-state index in [4.69, 9.17) is 5.73 Å². The number of pyridine rings is 1. The van der Waals surface area contributed by atoms with Gasteiger partial charge < -0.3 is 5.73 Å². The smallest absolute Gasteiger partial charge is 0.366 e. The molecule has 0 radical (unpaired) electrons. The highest BCUT2D eigenvalue weighted by Gasteiger charge is 2.33. The largest absolute Gasteiger partial charge is 0.433 e. The van der Waals surface area contributed by atoms with Gasteiger partial charge in [-0.15, -0.1) is 0 Å². The van der Waals surface area contributed by atoms with Crippen LogP contribution in [0.5, 0.6) is 0 Å². The molecule has 1 aromatic carbocycles. The van der Waals surface area contributed by atoms with E-state index in [0.29, 0.717) is 12.8 Å². The Bertz CT molecular complexity index is 1290. The van der Waals surface area contributed by atoms with Crippen LogP contribution in [0.2, 0.25) is 0 Å². The zero-order valence-electron chi connectivity index (χ0n) is 22.2. The van der Waals surface area contributed by atoms with Crippen LogP contribution in [0.15, 0.2) is 29.8 Å². The average Bonchev–Trinajstić information content (AvgIpc) is 2.82. The van der Waals surface area contributed by atoms with Crippen molar-refractivity contribution in [2.45, 2.75) is 77.8 Å². The minimum atomic E-state index is -4.69. The summed E-state index contributed by atoms with van der Waals surface area (Å²) in [6.45, 7) is 3.90. The minimum absolute atomic E-state index is 0.0349. The molecular formula is C27H34F5N3O3S. The van der Waals surface area contributed by atoms with Gasteiger partial charge in [0.05, 0.1) is 6.26 Å². The van der Waals surface area contributed by atoms with Crippen LogP contribution < -0.4 is 10.5 Å². The van der Waals surface area contributed by atoms with Gasteiger partial charge in [0.15, 0.2) is 11.6 Å². The van der Waals surface area contributed by atoms with E-state index in [1.54, 1.807) is 4.72 Å². The Morgan fingerprint density at radius 2 is 1.59 bits per heavy atom. The Balaban J connectivity index is 2.74. The van der Waals surface area contributed by atoms with E-state index in [1.807, 2.05) is 13.8 Å². The summed E-state index contributed by atoms with van der Waals surface area (Å²) in [7, 11) is -3.97. The predicted molar refractivity (Wildman–Crippen MR) is 141 cm³/mol. The number of nitrogens with two attached hydrogens (primary N) is 1. The molecular weight excluding hydrogens is 541 g/mol. The maximum atomic E-state index is 14.8. The van der Waals surface area contributed by atoms with Crippen molar-refractivity contribution in [3.05, 3.63) is 64.0 Å². The van der Waals surface area contributed by atoms with Gasteiger partial charge in [-0.05, 0) is 61.4 Å². The lowest BCUT2D eigenvalue weighted by molar-refractivity contribution is -0.141. The Hall–Kier alpha value is -3.02. The molecule has 2 aromatic rings. The number of nitrogens with one attached hydrogen (secondary N) is 1. The van der Waals surface area contributed by atoms with Crippen molar-refractivity contribution in [1.29, 1.82) is 0 Å². The summed E-state index contributed by atoms with van der Waals surface area (Å²) in [4.78, 5) is 16.5. The number of hydrogen-bond acceptors (Lipinski definition) is 4. The van der Waals surface area contributed by atoms with E-state index in [-0.39, 0.29) is 47.2 Å². The van der Waals surface area contributed by atoms with Crippen LogP contribution in [0.1, 0.15) is 81.3 Å². The van der Waals surface area contributed by atoms with Gasteiger partial charge in [-0.3, -0.25) is 9.52 Å². The number of sulfonamides is 1. The fraction of sp³-hybridized carbons (Fsp3) is 0.481. The third kappa shape index (κ3) is 9.59. The number of unbranched alkanes of at least 4 members (excludes halogenated alkanes) is 4. The summed E-state index contributed by atoms with van der Waals surface area (Å²) in [5.41, 5.74) is 4.54. The van der Waals surface area contributed by atoms with E-state index in [0.717, 1.165) is 50.1 Å². The number of aryl methyl sites for hydroxylation is 1. The van der Waals surface area contributed by atoms with Gasteiger partial charge >= 0.3 is 6.18 Å². The van der Waals surface area contributed by atoms with Gasteiger partial charge in [0.25, 0.3) is 0 Å². The first-order chi connectivity index (χ1) is 18.2. The second-order valence-corrected chi connectivity index (χ2v) is 11.2. The van der Waals surface area contributed by atoms with Crippen molar-refractivity contribution in [2.24, 2.45) is 5.73 Å². The molecule has 0 atom stereocenters. The monoisotopic (exact) mass is 575 g/mol. The van der Waals surface area contributed by atoms with Gasteiger partial charge in [0, 0.05) is 16.8 Å². The molecule has 1 heterocycles. The van der Waals surface area contributed by atoms with Crippen LogP contribution in [0.25, 0.3) is 5.57 Å². The Morgan fingerprint density at radius 1 is 1.00 bits per heavy atom. The molecule has 3 N–H and O–H groups in total. The SMILES string of the molecule is CCCCCC(C(N)=O)=C(Cc1cc(F)c(NS(C)(=O)=O)c(F)c1)c1ccc(C(F)(F)F)nc1CCCCC. The second kappa shape index (κ2) is 13.9. The number of primary amides is 1. The number of benzene rings is 1. The topological polar surface area (TPSA) is 102 Å². The molecule has 39 heavy (non-hydrogen) atoms. The highest BCUT2D eigenvalue weighted by Crippen LogP contribution is 2.34. The van der Waals surface area contributed by atoms with Crippen molar-refractivity contribution < 1.29 is 35.2 Å². The average molecular weight is 576 g/mol.